The fourth-order valence-corrected chi connectivity index (χ4v) is 6.59. The van der Waals surface area contributed by atoms with Crippen molar-refractivity contribution in [2.45, 2.75) is 36.6 Å². The molecule has 1 aliphatic carbocycles. The Balaban J connectivity index is 1.55. The van der Waals surface area contributed by atoms with Gasteiger partial charge in [-0.2, -0.15) is 0 Å². The van der Waals surface area contributed by atoms with Crippen molar-refractivity contribution < 1.29 is 14.2 Å². The van der Waals surface area contributed by atoms with Gasteiger partial charge in [0.15, 0.2) is 0 Å². The van der Waals surface area contributed by atoms with Crippen molar-refractivity contribution in [2.75, 3.05) is 32.6 Å². The third-order valence-electron chi connectivity index (χ3n) is 7.53. The molecule has 25 heavy (non-hydrogen) atoms. The predicted molar refractivity (Wildman–Crippen MR) is 93.6 cm³/mol. The molecule has 4 heterocycles. The average molecular weight is 340 g/mol. The highest BCUT2D eigenvalue weighted by atomic mass is 16.7. The normalized spacial score (nSPS) is 42.8. The lowest BCUT2D eigenvalue weighted by molar-refractivity contribution is -0.167. The van der Waals surface area contributed by atoms with Crippen LogP contribution in [0, 0.1) is 11.8 Å². The van der Waals surface area contributed by atoms with Gasteiger partial charge in [-0.15, -0.1) is 0 Å². The topological polar surface area (TPSA) is 43.0 Å². The van der Waals surface area contributed by atoms with Gasteiger partial charge in [-0.05, 0) is 42.5 Å². The van der Waals surface area contributed by atoms with E-state index in [0.29, 0.717) is 23.9 Å². The van der Waals surface area contributed by atoms with Crippen molar-refractivity contribution in [3.63, 3.8) is 0 Å². The molecule has 2 bridgehead atoms. The molecule has 0 aromatic heterocycles. The maximum absolute atomic E-state index is 6.02. The molecule has 132 valence electrons. The van der Waals surface area contributed by atoms with Gasteiger partial charge in [0.2, 0.25) is 6.29 Å². The van der Waals surface area contributed by atoms with E-state index in [1.54, 1.807) is 14.2 Å². The number of nitrogens with zero attached hydrogens (tertiary/aromatic N) is 1. The van der Waals surface area contributed by atoms with E-state index in [9.17, 15) is 0 Å². The van der Waals surface area contributed by atoms with Crippen molar-refractivity contribution in [3.8, 4) is 5.75 Å². The fraction of sp³-hybridized carbons (Fsp3) is 0.600. The minimum Gasteiger partial charge on any atom is -0.497 e. The standard InChI is InChI=1S/C20H24N2O3/c1-23-12-3-4-14-15(7-12)21-18-17-13-8-16-20(14,18)5-6-22(16)9-11(13)10-25-19(17)24-2/h3-4,7,10,13,16-19,21H,5-6,8-9H2,1-2H3. The largest absolute Gasteiger partial charge is 0.497 e. The van der Waals surface area contributed by atoms with Crippen LogP contribution in [0.3, 0.4) is 0 Å². The van der Waals surface area contributed by atoms with Gasteiger partial charge in [0.25, 0.3) is 0 Å². The van der Waals surface area contributed by atoms with Crippen molar-refractivity contribution >= 4 is 5.69 Å². The first kappa shape index (κ1) is 14.4. The molecule has 5 nitrogen and oxygen atoms in total. The highest BCUT2D eigenvalue weighted by molar-refractivity contribution is 5.67. The molecule has 0 amide bonds. The monoisotopic (exact) mass is 340 g/mol. The van der Waals surface area contributed by atoms with Gasteiger partial charge >= 0.3 is 0 Å². The Kier molecular flexibility index (Phi) is 2.72. The number of methoxy groups -OCH3 is 2. The Hall–Kier alpha value is -1.72. The van der Waals surface area contributed by atoms with Crippen molar-refractivity contribution in [2.24, 2.45) is 11.8 Å². The minimum atomic E-state index is -0.160. The Morgan fingerprint density at radius 2 is 2.24 bits per heavy atom. The van der Waals surface area contributed by atoms with Crippen LogP contribution in [-0.4, -0.2) is 50.6 Å². The van der Waals surface area contributed by atoms with Crippen LogP contribution < -0.4 is 10.1 Å². The second-order valence-electron chi connectivity index (χ2n) is 8.16. The molecule has 5 aliphatic rings. The second-order valence-corrected chi connectivity index (χ2v) is 8.16. The third kappa shape index (κ3) is 1.57. The summed E-state index contributed by atoms with van der Waals surface area (Å²) < 4.78 is 17.3. The Labute approximate surface area is 147 Å². The summed E-state index contributed by atoms with van der Waals surface area (Å²) in [6, 6.07) is 7.55. The maximum atomic E-state index is 6.02. The Bertz CT molecular complexity index is 778. The maximum Gasteiger partial charge on any atom is 0.204 e. The molecular weight excluding hydrogens is 316 g/mol. The first-order chi connectivity index (χ1) is 12.3. The highest BCUT2D eigenvalue weighted by Gasteiger charge is 2.67. The Morgan fingerprint density at radius 3 is 3.08 bits per heavy atom. The summed E-state index contributed by atoms with van der Waals surface area (Å²) in [7, 11) is 3.51. The predicted octanol–water partition coefficient (Wildman–Crippen LogP) is 2.34. The first-order valence-electron chi connectivity index (χ1n) is 9.32. The van der Waals surface area contributed by atoms with Crippen molar-refractivity contribution in [1.29, 1.82) is 0 Å². The second kappa shape index (κ2) is 4.71. The lowest BCUT2D eigenvalue weighted by atomic mass is 9.55. The molecule has 3 fully saturated rings. The fourth-order valence-electron chi connectivity index (χ4n) is 6.59. The summed E-state index contributed by atoms with van der Waals surface area (Å²) in [6.45, 7) is 2.23. The first-order valence-corrected chi connectivity index (χ1v) is 9.32. The summed E-state index contributed by atoms with van der Waals surface area (Å²) in [5.41, 5.74) is 4.34. The molecule has 1 saturated carbocycles. The van der Waals surface area contributed by atoms with Crippen LogP contribution in [0.1, 0.15) is 18.4 Å². The van der Waals surface area contributed by atoms with E-state index in [-0.39, 0.29) is 11.7 Å². The SMILES string of the molecule is COc1ccc2c(c1)NC1C3C(OC)OC=C4CN5CCC21C5CC43. The molecular formula is C20H24N2O3. The van der Waals surface area contributed by atoms with Gasteiger partial charge in [0.05, 0.1) is 13.4 Å². The van der Waals surface area contributed by atoms with E-state index in [1.807, 2.05) is 6.26 Å². The van der Waals surface area contributed by atoms with Gasteiger partial charge in [-0.3, -0.25) is 4.90 Å². The molecule has 1 N–H and O–H groups in total. The number of benzene rings is 1. The lowest BCUT2D eigenvalue weighted by Gasteiger charge is -2.57. The zero-order chi connectivity index (χ0) is 16.8. The van der Waals surface area contributed by atoms with Crippen LogP contribution in [0.2, 0.25) is 0 Å². The number of hydrogen-bond donors (Lipinski definition) is 1. The molecule has 6 atom stereocenters. The number of piperidine rings is 1. The quantitative estimate of drug-likeness (QED) is 0.895. The molecule has 1 aromatic carbocycles. The van der Waals surface area contributed by atoms with E-state index < -0.39 is 0 Å². The highest BCUT2D eigenvalue weighted by Crippen LogP contribution is 2.63. The van der Waals surface area contributed by atoms with Crippen LogP contribution in [-0.2, 0) is 14.9 Å². The van der Waals surface area contributed by atoms with E-state index in [2.05, 4.69) is 28.4 Å². The van der Waals surface area contributed by atoms with Crippen LogP contribution in [0.4, 0.5) is 5.69 Å². The van der Waals surface area contributed by atoms with Gasteiger partial charge in [0, 0.05) is 48.8 Å². The summed E-state index contributed by atoms with van der Waals surface area (Å²) in [4.78, 5) is 2.68. The average Bonchev–Trinajstić information content (AvgIpc) is 3.20. The zero-order valence-electron chi connectivity index (χ0n) is 14.7. The van der Waals surface area contributed by atoms with Gasteiger partial charge < -0.3 is 19.5 Å². The molecule has 6 unspecified atom stereocenters. The summed E-state index contributed by atoms with van der Waals surface area (Å²) in [6.07, 6.45) is 4.26. The van der Waals surface area contributed by atoms with E-state index in [0.717, 1.165) is 12.3 Å². The Morgan fingerprint density at radius 1 is 1.32 bits per heavy atom. The number of hydrogen-bond acceptors (Lipinski definition) is 5. The number of fused-ring (bicyclic) bond motifs is 2. The summed E-state index contributed by atoms with van der Waals surface area (Å²) in [5, 5.41) is 3.88. The van der Waals surface area contributed by atoms with Crippen LogP contribution in [0.5, 0.6) is 5.75 Å². The molecule has 1 aromatic rings. The number of rotatable bonds is 2. The van der Waals surface area contributed by atoms with Crippen molar-refractivity contribution in [1.82, 2.24) is 4.90 Å². The van der Waals surface area contributed by atoms with Crippen LogP contribution in [0.25, 0.3) is 0 Å². The molecule has 4 aliphatic heterocycles. The number of ether oxygens (including phenoxy) is 3. The molecule has 2 saturated heterocycles. The van der Waals surface area contributed by atoms with Gasteiger partial charge in [-0.1, -0.05) is 6.07 Å². The molecule has 5 heteroatoms. The summed E-state index contributed by atoms with van der Waals surface area (Å²) >= 11 is 0. The molecule has 1 spiro atoms. The molecule has 6 rings (SSSR count). The van der Waals surface area contributed by atoms with E-state index in [1.165, 1.54) is 36.2 Å². The van der Waals surface area contributed by atoms with Gasteiger partial charge in [-0.25, -0.2) is 0 Å². The van der Waals surface area contributed by atoms with E-state index in [4.69, 9.17) is 14.2 Å². The van der Waals surface area contributed by atoms with Crippen molar-refractivity contribution in [3.05, 3.63) is 35.6 Å². The smallest absolute Gasteiger partial charge is 0.204 e. The summed E-state index contributed by atoms with van der Waals surface area (Å²) in [5.74, 6) is 1.85. The lowest BCUT2D eigenvalue weighted by Crippen LogP contribution is -2.65. The number of anilines is 1. The van der Waals surface area contributed by atoms with E-state index >= 15 is 0 Å². The number of nitrogens with one attached hydrogen (secondary N) is 1. The van der Waals surface area contributed by atoms with Crippen LogP contribution >= 0.6 is 0 Å². The third-order valence-corrected chi connectivity index (χ3v) is 7.53. The minimum absolute atomic E-state index is 0.160. The zero-order valence-corrected chi connectivity index (χ0v) is 14.7. The molecule has 0 radical (unpaired) electrons. The van der Waals surface area contributed by atoms with Gasteiger partial charge in [0.1, 0.15) is 5.75 Å². The van der Waals surface area contributed by atoms with Crippen LogP contribution in [0.15, 0.2) is 30.0 Å².